The van der Waals surface area contributed by atoms with Gasteiger partial charge >= 0.3 is 23.9 Å². The number of hydrogen-bond donors (Lipinski definition) is 3. The van der Waals surface area contributed by atoms with Crippen LogP contribution in [0.3, 0.4) is 0 Å². The van der Waals surface area contributed by atoms with Crippen LogP contribution in [-0.2, 0) is 42.9 Å². The summed E-state index contributed by atoms with van der Waals surface area (Å²) < 4.78 is 28.2. The molecule has 6 atom stereocenters. The topological polar surface area (TPSA) is 175 Å². The summed E-state index contributed by atoms with van der Waals surface area (Å²) in [5, 5.41) is 31.4. The highest BCUT2D eigenvalue weighted by Crippen LogP contribution is 2.26. The minimum Gasteiger partial charge on any atom is -0.479 e. The molecule has 1 rings (SSSR count). The van der Waals surface area contributed by atoms with Gasteiger partial charge in [0.2, 0.25) is 0 Å². The fourth-order valence-electron chi connectivity index (χ4n) is 7.86. The first-order chi connectivity index (χ1) is 35.6. The molecule has 6 unspecified atom stereocenters. The summed E-state index contributed by atoms with van der Waals surface area (Å²) in [6.45, 7) is 5.67. The number of carboxylic acid groups (broad SMARTS) is 1. The zero-order valence-electron chi connectivity index (χ0n) is 45.3. The first kappa shape index (κ1) is 66.7. The van der Waals surface area contributed by atoms with Crippen molar-refractivity contribution in [3.8, 4) is 0 Å². The molecule has 73 heavy (non-hydrogen) atoms. The molecule has 1 fully saturated rings. The van der Waals surface area contributed by atoms with Gasteiger partial charge in [0, 0.05) is 19.3 Å². The van der Waals surface area contributed by atoms with E-state index in [-0.39, 0.29) is 25.9 Å². The molecule has 0 spiro atoms. The fourth-order valence-corrected chi connectivity index (χ4v) is 7.86. The van der Waals surface area contributed by atoms with Crippen LogP contribution in [0.15, 0.2) is 97.2 Å². The average molecular weight is 1020 g/mol. The molecule has 1 aliphatic heterocycles. The molecule has 1 saturated heterocycles. The third-order valence-electron chi connectivity index (χ3n) is 12.1. The van der Waals surface area contributed by atoms with E-state index in [0.29, 0.717) is 25.7 Å². The Morgan fingerprint density at radius 2 is 0.890 bits per heavy atom. The average Bonchev–Trinajstić information content (AvgIpc) is 3.37. The first-order valence-corrected chi connectivity index (χ1v) is 28.2. The summed E-state index contributed by atoms with van der Waals surface area (Å²) in [5.74, 6) is -3.28. The Morgan fingerprint density at radius 1 is 0.466 bits per heavy atom. The largest absolute Gasteiger partial charge is 0.479 e. The lowest BCUT2D eigenvalue weighted by Crippen LogP contribution is -2.61. The van der Waals surface area contributed by atoms with Crippen molar-refractivity contribution in [2.45, 2.75) is 250 Å². The lowest BCUT2D eigenvalue weighted by atomic mass is 9.98. The Hall–Kier alpha value is -4.36. The van der Waals surface area contributed by atoms with Gasteiger partial charge in [-0.15, -0.1) is 0 Å². The number of hydrogen-bond acceptors (Lipinski definition) is 11. The zero-order chi connectivity index (χ0) is 53.3. The normalized spacial score (nSPS) is 19.1. The maximum Gasteiger partial charge on any atom is 0.335 e. The zero-order valence-corrected chi connectivity index (χ0v) is 45.3. The lowest BCUT2D eigenvalue weighted by molar-refractivity contribution is -0.301. The summed E-state index contributed by atoms with van der Waals surface area (Å²) in [4.78, 5) is 51.0. The van der Waals surface area contributed by atoms with E-state index in [2.05, 4.69) is 99.8 Å². The molecule has 414 valence electrons. The van der Waals surface area contributed by atoms with Crippen molar-refractivity contribution in [1.82, 2.24) is 0 Å². The monoisotopic (exact) mass is 1020 g/mol. The van der Waals surface area contributed by atoms with Gasteiger partial charge in [-0.25, -0.2) is 4.79 Å². The predicted molar refractivity (Wildman–Crippen MR) is 294 cm³/mol. The van der Waals surface area contributed by atoms with E-state index < -0.39 is 67.3 Å². The Labute approximate surface area is 441 Å². The van der Waals surface area contributed by atoms with Crippen LogP contribution in [0, 0.1) is 0 Å². The molecule has 0 aromatic rings. The Balaban J connectivity index is 2.75. The van der Waals surface area contributed by atoms with Gasteiger partial charge in [-0.2, -0.15) is 0 Å². The van der Waals surface area contributed by atoms with E-state index in [4.69, 9.17) is 23.7 Å². The minimum absolute atomic E-state index is 0.0686. The van der Waals surface area contributed by atoms with Gasteiger partial charge in [0.05, 0.1) is 6.61 Å². The molecule has 12 nitrogen and oxygen atoms in total. The van der Waals surface area contributed by atoms with Crippen LogP contribution in [0.4, 0.5) is 0 Å². The van der Waals surface area contributed by atoms with Crippen molar-refractivity contribution in [1.29, 1.82) is 0 Å². The first-order valence-electron chi connectivity index (χ1n) is 28.2. The molecule has 0 aromatic heterocycles. The molecular formula is C61H98O12. The number of aliphatic hydroxyl groups is 2. The predicted octanol–water partition coefficient (Wildman–Crippen LogP) is 14.1. The smallest absolute Gasteiger partial charge is 0.335 e. The summed E-state index contributed by atoms with van der Waals surface area (Å²) >= 11 is 0. The summed E-state index contributed by atoms with van der Waals surface area (Å²) in [6.07, 6.45) is 51.2. The van der Waals surface area contributed by atoms with E-state index in [1.54, 1.807) is 0 Å². The second-order valence-corrected chi connectivity index (χ2v) is 18.8. The molecule has 12 heteroatoms. The maximum absolute atomic E-state index is 13.1. The summed E-state index contributed by atoms with van der Waals surface area (Å²) in [7, 11) is 0. The molecule has 0 radical (unpaired) electrons. The number of ether oxygens (including phenoxy) is 5. The summed E-state index contributed by atoms with van der Waals surface area (Å²) in [6, 6.07) is 0. The number of rotatable bonds is 46. The number of esters is 3. The lowest BCUT2D eigenvalue weighted by Gasteiger charge is -2.40. The minimum atomic E-state index is -1.93. The van der Waals surface area contributed by atoms with E-state index >= 15 is 0 Å². The molecule has 0 saturated carbocycles. The Kier molecular flexibility index (Phi) is 44.4. The number of aliphatic carboxylic acids is 1. The van der Waals surface area contributed by atoms with Crippen LogP contribution in [0.5, 0.6) is 0 Å². The fraction of sp³-hybridized carbons (Fsp3) is 0.672. The SMILES string of the molecule is CC/C=C\C/C=C\C/C=C\C/C=C\CCC(=O)OC1C(OCC(COC(=O)CCCCCCCCC/C=C\CCCCCCCC)OC(=O)CCCCC/C=C\C/C=C\C/C=C\CC)OC(C(=O)O)C(O)C1O. The second kappa shape index (κ2) is 48.6. The molecule has 1 heterocycles. The summed E-state index contributed by atoms with van der Waals surface area (Å²) in [5.41, 5.74) is 0. The Bertz CT molecular complexity index is 1640. The number of carbonyl (C=O) groups excluding carboxylic acids is 3. The van der Waals surface area contributed by atoms with E-state index in [1.165, 1.54) is 57.8 Å². The van der Waals surface area contributed by atoms with Crippen LogP contribution < -0.4 is 0 Å². The molecule has 0 amide bonds. The number of unbranched alkanes of at least 4 members (excludes halogenated alkanes) is 16. The quantitative estimate of drug-likeness (QED) is 0.0228. The third-order valence-corrected chi connectivity index (χ3v) is 12.1. The van der Waals surface area contributed by atoms with Crippen molar-refractivity contribution < 1.29 is 58.2 Å². The highest BCUT2D eigenvalue weighted by atomic mass is 16.7. The molecular weight excluding hydrogens is 925 g/mol. The highest BCUT2D eigenvalue weighted by molar-refractivity contribution is 5.74. The number of allylic oxidation sites excluding steroid dienone is 16. The molecule has 3 N–H and O–H groups in total. The number of aliphatic hydroxyl groups excluding tert-OH is 2. The van der Waals surface area contributed by atoms with Crippen LogP contribution >= 0.6 is 0 Å². The number of carbonyl (C=O) groups is 4. The van der Waals surface area contributed by atoms with Gasteiger partial charge in [-0.05, 0) is 103 Å². The van der Waals surface area contributed by atoms with Crippen molar-refractivity contribution in [3.05, 3.63) is 97.2 Å². The van der Waals surface area contributed by atoms with Gasteiger partial charge in [0.15, 0.2) is 24.6 Å². The van der Waals surface area contributed by atoms with Gasteiger partial charge in [-0.3, -0.25) is 14.4 Å². The maximum atomic E-state index is 13.1. The van der Waals surface area contributed by atoms with Crippen molar-refractivity contribution >= 4 is 23.9 Å². The molecule has 1 aliphatic rings. The molecule has 0 aromatic carbocycles. The van der Waals surface area contributed by atoms with Gasteiger partial charge in [-0.1, -0.05) is 189 Å². The standard InChI is InChI=1S/C61H98O12/c1-4-7-10-13-16-19-22-25-26-27-28-31-32-35-38-41-44-47-53(62)69-50-52(71-54(63)48-45-42-39-36-33-29-23-20-17-14-11-8-5-2)51-70-61-59(57(66)56(65)58(73-61)60(67)68)72-55(64)49-46-43-40-37-34-30-24-21-18-15-12-9-6-3/h8-9,11-12,17-18,20-21,25-26,29-30,33-34,40,43,52,56-59,61,65-66H,4-7,10,13-16,19,22-24,27-28,31-32,35-39,41-42,44-51H2,1-3H3,(H,67,68)/b11-8-,12-9-,20-17-,21-18-,26-25-,33-29-,34-30-,43-40-. The van der Waals surface area contributed by atoms with E-state index in [9.17, 15) is 34.5 Å². The van der Waals surface area contributed by atoms with Crippen molar-refractivity contribution in [2.75, 3.05) is 13.2 Å². The van der Waals surface area contributed by atoms with Crippen molar-refractivity contribution in [3.63, 3.8) is 0 Å². The third kappa shape index (κ3) is 38.8. The van der Waals surface area contributed by atoms with Gasteiger partial charge < -0.3 is 39.0 Å². The Morgan fingerprint density at radius 3 is 1.40 bits per heavy atom. The molecule has 0 aliphatic carbocycles. The van der Waals surface area contributed by atoms with E-state index in [0.717, 1.165) is 89.9 Å². The molecule has 0 bridgehead atoms. The second-order valence-electron chi connectivity index (χ2n) is 18.8. The van der Waals surface area contributed by atoms with Crippen molar-refractivity contribution in [2.24, 2.45) is 0 Å². The van der Waals surface area contributed by atoms with Crippen LogP contribution in [0.2, 0.25) is 0 Å². The van der Waals surface area contributed by atoms with Gasteiger partial charge in [0.1, 0.15) is 18.8 Å². The highest BCUT2D eigenvalue weighted by Gasteiger charge is 2.50. The number of carboxylic acids is 1. The van der Waals surface area contributed by atoms with Gasteiger partial charge in [0.25, 0.3) is 0 Å². The van der Waals surface area contributed by atoms with Crippen LogP contribution in [-0.4, -0.2) is 89.2 Å². The van der Waals surface area contributed by atoms with Crippen LogP contribution in [0.25, 0.3) is 0 Å². The van der Waals surface area contributed by atoms with E-state index in [1.807, 2.05) is 18.2 Å². The van der Waals surface area contributed by atoms with Crippen LogP contribution in [0.1, 0.15) is 213 Å².